The van der Waals surface area contributed by atoms with E-state index in [1.54, 1.807) is 0 Å². The van der Waals surface area contributed by atoms with Gasteiger partial charge in [0, 0.05) is 0 Å². The van der Waals surface area contributed by atoms with E-state index in [0.29, 0.717) is 0 Å². The minimum atomic E-state index is 1.22. The van der Waals surface area contributed by atoms with Crippen molar-refractivity contribution in [1.82, 2.24) is 0 Å². The minimum absolute atomic E-state index is 1.22. The molecule has 0 unspecified atom stereocenters. The van der Waals surface area contributed by atoms with Crippen LogP contribution in [0.2, 0.25) is 0 Å². The van der Waals surface area contributed by atoms with Crippen LogP contribution in [0, 0.1) is 0 Å². The highest BCUT2D eigenvalue weighted by molar-refractivity contribution is 6.23. The van der Waals surface area contributed by atoms with E-state index < -0.39 is 0 Å². The molecule has 10 aromatic rings. The van der Waals surface area contributed by atoms with Crippen LogP contribution >= 0.6 is 0 Å². The van der Waals surface area contributed by atoms with Crippen LogP contribution in [-0.2, 0) is 0 Å². The molecule has 10 aromatic carbocycles. The van der Waals surface area contributed by atoms with Crippen LogP contribution in [0.3, 0.4) is 0 Å². The molecule has 0 saturated carbocycles. The molecule has 0 N–H and O–H groups in total. The Hall–Kier alpha value is -6.50. The highest BCUT2D eigenvalue weighted by Gasteiger charge is 2.18. The first-order valence-corrected chi connectivity index (χ1v) is 17.3. The second kappa shape index (κ2) is 11.6. The summed E-state index contributed by atoms with van der Waals surface area (Å²) in [6.45, 7) is 0. The average Bonchev–Trinajstić information content (AvgIpc) is 3.19. The lowest BCUT2D eigenvalue weighted by atomic mass is 9.84. The van der Waals surface area contributed by atoms with Crippen LogP contribution in [0.15, 0.2) is 194 Å². The molecule has 0 spiro atoms. The summed E-state index contributed by atoms with van der Waals surface area (Å²) in [5.41, 5.74) is 9.99. The number of rotatable bonds is 4. The molecule has 0 amide bonds. The lowest BCUT2D eigenvalue weighted by molar-refractivity contribution is 1.61. The first kappa shape index (κ1) is 28.5. The molecule has 232 valence electrons. The molecule has 0 saturated heterocycles. The molecule has 0 atom stereocenters. The van der Waals surface area contributed by atoms with Crippen LogP contribution in [0.5, 0.6) is 0 Å². The lowest BCUT2D eigenvalue weighted by Gasteiger charge is -2.19. The molecule has 0 aromatic heterocycles. The number of benzene rings is 10. The zero-order chi connectivity index (χ0) is 33.0. The maximum atomic E-state index is 2.35. The van der Waals surface area contributed by atoms with Crippen molar-refractivity contribution in [2.24, 2.45) is 0 Å². The normalized spacial score (nSPS) is 11.6. The summed E-state index contributed by atoms with van der Waals surface area (Å²) in [6, 6.07) is 71.4. The fourth-order valence-corrected chi connectivity index (χ4v) is 8.00. The third-order valence-corrected chi connectivity index (χ3v) is 10.4. The molecule has 0 radical (unpaired) electrons. The number of hydrogen-bond acceptors (Lipinski definition) is 0. The zero-order valence-electron chi connectivity index (χ0n) is 27.5. The van der Waals surface area contributed by atoms with Crippen LogP contribution in [0.25, 0.3) is 98.4 Å². The molecule has 0 nitrogen and oxygen atoms in total. The van der Waals surface area contributed by atoms with Gasteiger partial charge < -0.3 is 0 Å². The molecule has 0 heterocycles. The van der Waals surface area contributed by atoms with Crippen molar-refractivity contribution in [2.45, 2.75) is 0 Å². The van der Waals surface area contributed by atoms with E-state index in [-0.39, 0.29) is 0 Å². The quantitative estimate of drug-likeness (QED) is 0.169. The summed E-state index contributed by atoms with van der Waals surface area (Å²) in [6.07, 6.45) is 0. The Morgan fingerprint density at radius 2 is 0.620 bits per heavy atom. The Labute approximate surface area is 291 Å². The van der Waals surface area contributed by atoms with E-state index in [1.165, 1.54) is 98.4 Å². The summed E-state index contributed by atoms with van der Waals surface area (Å²) >= 11 is 0. The maximum Gasteiger partial charge on any atom is -0.00201 e. The monoisotopic (exact) mass is 632 g/mol. The Morgan fingerprint density at radius 1 is 0.200 bits per heavy atom. The fraction of sp³-hybridized carbons (Fsp3) is 0. The van der Waals surface area contributed by atoms with Crippen LogP contribution in [0.1, 0.15) is 0 Å². The smallest absolute Gasteiger partial charge is 0.00201 e. The maximum absolute atomic E-state index is 2.35. The van der Waals surface area contributed by atoms with Gasteiger partial charge in [-0.3, -0.25) is 0 Å². The van der Waals surface area contributed by atoms with Crippen molar-refractivity contribution in [1.29, 1.82) is 0 Å². The van der Waals surface area contributed by atoms with E-state index in [1.807, 2.05) is 0 Å². The highest BCUT2D eigenvalue weighted by atomic mass is 14.2. The van der Waals surface area contributed by atoms with Crippen LogP contribution < -0.4 is 0 Å². The van der Waals surface area contributed by atoms with Crippen molar-refractivity contribution in [2.75, 3.05) is 0 Å². The first-order chi connectivity index (χ1) is 24.8. The van der Waals surface area contributed by atoms with Gasteiger partial charge in [-0.1, -0.05) is 170 Å². The molecule has 0 bridgehead atoms. The summed E-state index contributed by atoms with van der Waals surface area (Å²) in [4.78, 5) is 0. The van der Waals surface area contributed by atoms with E-state index in [2.05, 4.69) is 194 Å². The van der Waals surface area contributed by atoms with E-state index in [0.717, 1.165) is 0 Å². The van der Waals surface area contributed by atoms with Crippen molar-refractivity contribution in [3.8, 4) is 44.5 Å². The topological polar surface area (TPSA) is 0 Å². The van der Waals surface area contributed by atoms with Crippen molar-refractivity contribution < 1.29 is 0 Å². The molecule has 50 heavy (non-hydrogen) atoms. The lowest BCUT2D eigenvalue weighted by Crippen LogP contribution is -1.92. The Balaban J connectivity index is 1.14. The third kappa shape index (κ3) is 4.69. The van der Waals surface area contributed by atoms with Crippen LogP contribution in [0.4, 0.5) is 0 Å². The molecular formula is C50H32. The van der Waals surface area contributed by atoms with E-state index in [4.69, 9.17) is 0 Å². The fourth-order valence-electron chi connectivity index (χ4n) is 8.00. The van der Waals surface area contributed by atoms with Gasteiger partial charge in [0.25, 0.3) is 0 Å². The van der Waals surface area contributed by atoms with Crippen LogP contribution in [-0.4, -0.2) is 0 Å². The second-order valence-electron chi connectivity index (χ2n) is 13.3. The largest absolute Gasteiger partial charge is 0.0616 e. The summed E-state index contributed by atoms with van der Waals surface area (Å²) in [5.74, 6) is 0. The number of hydrogen-bond donors (Lipinski definition) is 0. The highest BCUT2D eigenvalue weighted by Crippen LogP contribution is 2.46. The van der Waals surface area contributed by atoms with Crippen molar-refractivity contribution >= 4 is 53.9 Å². The van der Waals surface area contributed by atoms with Gasteiger partial charge in [0.1, 0.15) is 0 Å². The van der Waals surface area contributed by atoms with Gasteiger partial charge >= 0.3 is 0 Å². The van der Waals surface area contributed by atoms with Crippen molar-refractivity contribution in [3.63, 3.8) is 0 Å². The summed E-state index contributed by atoms with van der Waals surface area (Å²) in [5, 5.41) is 12.6. The number of fused-ring (bicyclic) bond motifs is 5. The predicted molar refractivity (Wildman–Crippen MR) is 216 cm³/mol. The van der Waals surface area contributed by atoms with Gasteiger partial charge in [-0.05, 0) is 123 Å². The van der Waals surface area contributed by atoms with Gasteiger partial charge in [0.05, 0.1) is 0 Å². The molecular weight excluding hydrogens is 601 g/mol. The van der Waals surface area contributed by atoms with E-state index in [9.17, 15) is 0 Å². The Morgan fingerprint density at radius 3 is 1.24 bits per heavy atom. The molecule has 0 fully saturated rings. The van der Waals surface area contributed by atoms with Gasteiger partial charge in [0.15, 0.2) is 0 Å². The molecule has 0 aliphatic rings. The molecule has 0 aliphatic heterocycles. The standard InChI is InChI=1S/C50H32/c1-3-13-35-29-39(25-23-33(35)11-1)37-15-9-16-38(30-37)40-27-28-43-41(31-40)17-10-22-44(43)50-47-20-7-5-18-45(47)49(46-19-6-8-21-48(46)50)42-26-24-34-12-2-4-14-36(34)32-42/h1-32H. The van der Waals surface area contributed by atoms with E-state index >= 15 is 0 Å². The first-order valence-electron chi connectivity index (χ1n) is 17.3. The molecule has 10 rings (SSSR count). The summed E-state index contributed by atoms with van der Waals surface area (Å²) in [7, 11) is 0. The molecule has 0 heteroatoms. The average molecular weight is 633 g/mol. The molecule has 0 aliphatic carbocycles. The van der Waals surface area contributed by atoms with Crippen molar-refractivity contribution in [3.05, 3.63) is 194 Å². The van der Waals surface area contributed by atoms with Gasteiger partial charge in [-0.15, -0.1) is 0 Å². The van der Waals surface area contributed by atoms with Gasteiger partial charge in [-0.25, -0.2) is 0 Å². The minimum Gasteiger partial charge on any atom is -0.0616 e. The third-order valence-electron chi connectivity index (χ3n) is 10.4. The van der Waals surface area contributed by atoms with Gasteiger partial charge in [0.2, 0.25) is 0 Å². The Kier molecular flexibility index (Phi) is 6.60. The SMILES string of the molecule is c1cc(-c2ccc3ccccc3c2)cc(-c2ccc3c(-c4c5ccccc5c(-c5ccc6ccccc6c5)c5ccccc45)cccc3c2)c1. The zero-order valence-corrected chi connectivity index (χ0v) is 27.5. The van der Waals surface area contributed by atoms with Gasteiger partial charge in [-0.2, -0.15) is 0 Å². The second-order valence-corrected chi connectivity index (χ2v) is 13.3. The summed E-state index contributed by atoms with van der Waals surface area (Å²) < 4.78 is 0. The Bertz CT molecular complexity index is 2870. The predicted octanol–water partition coefficient (Wildman–Crippen LogP) is 14.1.